The first-order chi connectivity index (χ1) is 12.8. The Balaban J connectivity index is 1.67. The Kier molecular flexibility index (Phi) is 5.61. The lowest BCUT2D eigenvalue weighted by atomic mass is 10.0. The van der Waals surface area contributed by atoms with Crippen LogP contribution in [0.2, 0.25) is 0 Å². The predicted molar refractivity (Wildman–Crippen MR) is 90.7 cm³/mol. The highest BCUT2D eigenvalue weighted by Gasteiger charge is 2.37. The van der Waals surface area contributed by atoms with Crippen molar-refractivity contribution in [3.8, 4) is 0 Å². The van der Waals surface area contributed by atoms with Crippen LogP contribution in [0.3, 0.4) is 0 Å². The van der Waals surface area contributed by atoms with E-state index in [-0.39, 0.29) is 18.9 Å². The molecule has 1 aliphatic heterocycles. The van der Waals surface area contributed by atoms with Gasteiger partial charge in [-0.3, -0.25) is 4.90 Å². The quantitative estimate of drug-likeness (QED) is 0.785. The molecule has 27 heavy (non-hydrogen) atoms. The Morgan fingerprint density at radius 1 is 1.41 bits per heavy atom. The molecule has 0 radical (unpaired) electrons. The maximum atomic E-state index is 12.3. The number of aliphatic hydroxyl groups is 1. The summed E-state index contributed by atoms with van der Waals surface area (Å²) in [7, 11) is 1.53. The summed E-state index contributed by atoms with van der Waals surface area (Å²) in [5, 5.41) is 9.75. The smallest absolute Gasteiger partial charge is 0.414 e. The van der Waals surface area contributed by atoms with E-state index in [1.165, 1.54) is 18.3 Å². The molecule has 1 fully saturated rings. The zero-order chi connectivity index (χ0) is 19.6. The van der Waals surface area contributed by atoms with Gasteiger partial charge in [0.2, 0.25) is 0 Å². The molecule has 1 saturated heterocycles. The van der Waals surface area contributed by atoms with Gasteiger partial charge in [-0.15, -0.1) is 0 Å². The van der Waals surface area contributed by atoms with Crippen LogP contribution in [0.25, 0.3) is 11.0 Å². The molecule has 1 aromatic carbocycles. The molecule has 0 bridgehead atoms. The molecule has 2 heterocycles. The van der Waals surface area contributed by atoms with Crippen molar-refractivity contribution in [2.75, 3.05) is 25.2 Å². The number of ether oxygens (including phenoxy) is 2. The van der Waals surface area contributed by atoms with E-state index in [4.69, 9.17) is 19.0 Å². The zero-order valence-electron chi connectivity index (χ0n) is 14.7. The Morgan fingerprint density at radius 3 is 2.89 bits per heavy atom. The number of halogens is 3. The molecule has 1 amide bonds. The van der Waals surface area contributed by atoms with E-state index < -0.39 is 18.4 Å². The van der Waals surface area contributed by atoms with E-state index in [1.807, 2.05) is 0 Å². The summed E-state index contributed by atoms with van der Waals surface area (Å²) in [5.74, 6) is 0. The van der Waals surface area contributed by atoms with Crippen molar-refractivity contribution in [3.05, 3.63) is 30.0 Å². The lowest BCUT2D eigenvalue weighted by Gasteiger charge is -2.14. The van der Waals surface area contributed by atoms with Gasteiger partial charge in [0.25, 0.3) is 0 Å². The second-order valence-corrected chi connectivity index (χ2v) is 6.47. The molecule has 3 rings (SSSR count). The van der Waals surface area contributed by atoms with Gasteiger partial charge in [0.15, 0.2) is 0 Å². The number of hydrogen-bond donors (Lipinski definition) is 1. The van der Waals surface area contributed by atoms with Crippen LogP contribution in [0, 0.1) is 0 Å². The Morgan fingerprint density at radius 2 is 2.19 bits per heavy atom. The third kappa shape index (κ3) is 4.36. The van der Waals surface area contributed by atoms with Crippen molar-refractivity contribution >= 4 is 22.7 Å². The third-order valence-corrected chi connectivity index (χ3v) is 4.46. The summed E-state index contributed by atoms with van der Waals surface area (Å²) in [5.41, 5.74) is 1.90. The second kappa shape index (κ2) is 7.77. The summed E-state index contributed by atoms with van der Waals surface area (Å²) in [6.45, 7) is 0.643. The number of benzene rings is 1. The van der Waals surface area contributed by atoms with Crippen LogP contribution < -0.4 is 4.90 Å². The number of fused-ring (bicyclic) bond motifs is 1. The molecule has 1 aromatic heterocycles. The van der Waals surface area contributed by atoms with E-state index in [0.717, 1.165) is 5.56 Å². The fourth-order valence-electron chi connectivity index (χ4n) is 3.08. The van der Waals surface area contributed by atoms with Crippen molar-refractivity contribution < 1.29 is 37.0 Å². The molecule has 0 saturated carbocycles. The minimum atomic E-state index is -4.59. The number of carbonyl (C=O) groups excluding carboxylic acids is 1. The number of aryl methyl sites for hydroxylation is 1. The van der Waals surface area contributed by atoms with Crippen LogP contribution >= 0.6 is 0 Å². The first kappa shape index (κ1) is 19.5. The number of nitrogens with zero attached hydrogens (tertiary/aromatic N) is 1. The number of alkyl halides is 3. The standard InChI is InChI=1S/C18H20F3NO5/c1-25-9-12-8-22(17(24)27-12)14-10-26-15-7-11(5-6-13(14)15)3-2-4-16(23)18(19,20)21/h5-7,10,12,16,23H,2-4,8-9H2,1H3. The molecule has 9 heteroatoms. The van der Waals surface area contributed by atoms with Crippen molar-refractivity contribution in [2.24, 2.45) is 0 Å². The van der Waals surface area contributed by atoms with Gasteiger partial charge in [-0.1, -0.05) is 6.07 Å². The number of amides is 1. The summed E-state index contributed by atoms with van der Waals surface area (Å²) >= 11 is 0. The Labute approximate surface area is 153 Å². The molecule has 2 atom stereocenters. The maximum absolute atomic E-state index is 12.3. The van der Waals surface area contributed by atoms with Gasteiger partial charge in [-0.25, -0.2) is 4.79 Å². The fourth-order valence-corrected chi connectivity index (χ4v) is 3.08. The van der Waals surface area contributed by atoms with Gasteiger partial charge < -0.3 is 19.0 Å². The summed E-state index contributed by atoms with van der Waals surface area (Å²) in [6, 6.07) is 5.27. The van der Waals surface area contributed by atoms with E-state index in [9.17, 15) is 18.0 Å². The molecule has 0 spiro atoms. The number of hydrogen-bond acceptors (Lipinski definition) is 5. The molecule has 6 nitrogen and oxygen atoms in total. The van der Waals surface area contributed by atoms with Crippen LogP contribution in [-0.4, -0.2) is 49.8 Å². The monoisotopic (exact) mass is 387 g/mol. The molecule has 1 aliphatic rings. The van der Waals surface area contributed by atoms with Gasteiger partial charge in [0, 0.05) is 12.5 Å². The molecule has 2 aromatic rings. The van der Waals surface area contributed by atoms with E-state index >= 15 is 0 Å². The Bertz CT molecular complexity index is 804. The van der Waals surface area contributed by atoms with Crippen molar-refractivity contribution in [1.82, 2.24) is 0 Å². The van der Waals surface area contributed by atoms with E-state index in [0.29, 0.717) is 36.2 Å². The first-order valence-corrected chi connectivity index (χ1v) is 8.51. The van der Waals surface area contributed by atoms with Gasteiger partial charge in [0.05, 0.1) is 18.8 Å². The van der Waals surface area contributed by atoms with Crippen molar-refractivity contribution in [2.45, 2.75) is 37.6 Å². The Hall–Kier alpha value is -2.26. The van der Waals surface area contributed by atoms with Crippen molar-refractivity contribution in [3.63, 3.8) is 0 Å². The average Bonchev–Trinajstić information content (AvgIpc) is 3.17. The lowest BCUT2D eigenvalue weighted by molar-refractivity contribution is -0.205. The zero-order valence-corrected chi connectivity index (χ0v) is 14.7. The average molecular weight is 387 g/mol. The molecule has 2 unspecified atom stereocenters. The first-order valence-electron chi connectivity index (χ1n) is 8.51. The number of cyclic esters (lactones) is 1. The minimum Gasteiger partial charge on any atom is -0.462 e. The number of rotatable bonds is 7. The van der Waals surface area contributed by atoms with Crippen LogP contribution in [0.15, 0.2) is 28.9 Å². The molecular formula is C18H20F3NO5. The minimum absolute atomic E-state index is 0.191. The fraction of sp³-hybridized carbons (Fsp3) is 0.500. The van der Waals surface area contributed by atoms with Gasteiger partial charge in [-0.05, 0) is 37.0 Å². The normalized spacial score (nSPS) is 18.9. The number of methoxy groups -OCH3 is 1. The largest absolute Gasteiger partial charge is 0.462 e. The number of anilines is 1. The van der Waals surface area contributed by atoms with Crippen LogP contribution in [0.5, 0.6) is 0 Å². The predicted octanol–water partition coefficient (Wildman–Crippen LogP) is 3.65. The highest BCUT2D eigenvalue weighted by Crippen LogP contribution is 2.33. The van der Waals surface area contributed by atoms with E-state index in [2.05, 4.69) is 0 Å². The van der Waals surface area contributed by atoms with Gasteiger partial charge in [0.1, 0.15) is 24.1 Å². The molecule has 148 valence electrons. The molecule has 1 N–H and O–H groups in total. The van der Waals surface area contributed by atoms with Crippen LogP contribution in [0.4, 0.5) is 23.7 Å². The highest BCUT2D eigenvalue weighted by atomic mass is 19.4. The summed E-state index contributed by atoms with van der Waals surface area (Å²) in [6.07, 6.45) is -6.07. The topological polar surface area (TPSA) is 72.1 Å². The molecule has 0 aliphatic carbocycles. The SMILES string of the molecule is COCC1CN(c2coc3cc(CCCC(O)C(F)(F)F)ccc23)C(=O)O1. The maximum Gasteiger partial charge on any atom is 0.414 e. The lowest BCUT2D eigenvalue weighted by Crippen LogP contribution is -2.28. The summed E-state index contributed by atoms with van der Waals surface area (Å²) in [4.78, 5) is 13.5. The van der Waals surface area contributed by atoms with Gasteiger partial charge >= 0.3 is 12.3 Å². The number of carbonyl (C=O) groups is 1. The highest BCUT2D eigenvalue weighted by molar-refractivity contribution is 6.01. The van der Waals surface area contributed by atoms with Gasteiger partial charge in [-0.2, -0.15) is 13.2 Å². The van der Waals surface area contributed by atoms with Crippen LogP contribution in [0.1, 0.15) is 18.4 Å². The van der Waals surface area contributed by atoms with Crippen molar-refractivity contribution in [1.29, 1.82) is 0 Å². The molecular weight excluding hydrogens is 367 g/mol. The summed E-state index contributed by atoms with van der Waals surface area (Å²) < 4.78 is 52.7. The third-order valence-electron chi connectivity index (χ3n) is 4.46. The number of furan rings is 1. The number of aliphatic hydroxyl groups excluding tert-OH is 1. The second-order valence-electron chi connectivity index (χ2n) is 6.47. The van der Waals surface area contributed by atoms with E-state index in [1.54, 1.807) is 18.2 Å². The van der Waals surface area contributed by atoms with Crippen LogP contribution in [-0.2, 0) is 15.9 Å².